The van der Waals surface area contributed by atoms with Crippen molar-refractivity contribution in [1.82, 2.24) is 0 Å². The van der Waals surface area contributed by atoms with Crippen molar-refractivity contribution in [3.05, 3.63) is 28.3 Å². The smallest absolute Gasteiger partial charge is 0.147 e. The first-order chi connectivity index (χ1) is 8.85. The number of fused-ring (bicyclic) bond motifs is 1. The van der Waals surface area contributed by atoms with E-state index in [2.05, 4.69) is 20.8 Å². The molecule has 0 aliphatic carbocycles. The Hall–Kier alpha value is -0.670. The average Bonchev–Trinajstić information content (AvgIpc) is 2.73. The summed E-state index contributed by atoms with van der Waals surface area (Å²) in [5, 5.41) is 0.690. The molecular weight excluding hydrogens is 280 g/mol. The number of carbonyl (C=O) groups is 1. The summed E-state index contributed by atoms with van der Waals surface area (Å²) >= 11 is 7.76. The zero-order valence-electron chi connectivity index (χ0n) is 11.6. The molecule has 104 valence electrons. The lowest BCUT2D eigenvalue weighted by Gasteiger charge is -2.17. The molecule has 0 atom stereocenters. The summed E-state index contributed by atoms with van der Waals surface area (Å²) in [6, 6.07) is 3.78. The van der Waals surface area contributed by atoms with Crippen molar-refractivity contribution in [3.63, 3.8) is 0 Å². The Morgan fingerprint density at radius 3 is 2.84 bits per heavy atom. The normalized spacial score (nSPS) is 14.1. The molecule has 0 bridgehead atoms. The van der Waals surface area contributed by atoms with E-state index in [9.17, 15) is 4.79 Å². The fourth-order valence-electron chi connectivity index (χ4n) is 2.04. The third-order valence-electron chi connectivity index (χ3n) is 2.88. The molecule has 19 heavy (non-hydrogen) atoms. The first kappa shape index (κ1) is 14.7. The topological polar surface area (TPSA) is 26.3 Å². The summed E-state index contributed by atoms with van der Waals surface area (Å²) in [6.07, 6.45) is 1.29. The standard InChI is InChI=1S/C15H19ClO2S/c1-15(2,3)19-9-13(17)8-11-7-12(16)6-10-4-5-18-14(10)11/h6-7H,4-5,8-9H2,1-3H3. The minimum atomic E-state index is 0.114. The van der Waals surface area contributed by atoms with E-state index in [-0.39, 0.29) is 10.5 Å². The molecule has 0 amide bonds. The largest absolute Gasteiger partial charge is 0.493 e. The maximum atomic E-state index is 12.1. The SMILES string of the molecule is CC(C)(C)SCC(=O)Cc1cc(Cl)cc2c1OCC2. The third kappa shape index (κ3) is 4.15. The molecule has 1 aliphatic heterocycles. The predicted octanol–water partition coefficient (Wildman–Crippen LogP) is 3.92. The first-order valence-corrected chi connectivity index (χ1v) is 7.81. The number of hydrogen-bond acceptors (Lipinski definition) is 3. The number of ketones is 1. The summed E-state index contributed by atoms with van der Waals surface area (Å²) in [5.74, 6) is 1.63. The highest BCUT2D eigenvalue weighted by Gasteiger charge is 2.20. The molecule has 1 aromatic carbocycles. The Balaban J connectivity index is 2.05. The zero-order chi connectivity index (χ0) is 14.0. The molecule has 0 unspecified atom stereocenters. The second-order valence-corrected chi connectivity index (χ2v) is 8.01. The van der Waals surface area contributed by atoms with Gasteiger partial charge in [-0.05, 0) is 17.7 Å². The molecule has 0 N–H and O–H groups in total. The number of thioether (sulfide) groups is 1. The van der Waals surface area contributed by atoms with Crippen molar-refractivity contribution in [2.75, 3.05) is 12.4 Å². The Labute approximate surface area is 123 Å². The van der Waals surface area contributed by atoms with Crippen LogP contribution in [-0.4, -0.2) is 22.9 Å². The van der Waals surface area contributed by atoms with Crippen molar-refractivity contribution < 1.29 is 9.53 Å². The highest BCUT2D eigenvalue weighted by molar-refractivity contribution is 8.01. The minimum Gasteiger partial charge on any atom is -0.493 e. The Morgan fingerprint density at radius 1 is 1.42 bits per heavy atom. The Kier molecular flexibility index (Phi) is 4.46. The number of rotatable bonds is 4. The van der Waals surface area contributed by atoms with Crippen LogP contribution < -0.4 is 4.74 Å². The Morgan fingerprint density at radius 2 is 2.16 bits per heavy atom. The van der Waals surface area contributed by atoms with Crippen LogP contribution in [0.4, 0.5) is 0 Å². The van der Waals surface area contributed by atoms with Crippen molar-refractivity contribution in [1.29, 1.82) is 0 Å². The molecule has 4 heteroatoms. The number of Topliss-reactive ketones (excluding diaryl/α,β-unsaturated/α-hetero) is 1. The van der Waals surface area contributed by atoms with Gasteiger partial charge in [0.15, 0.2) is 0 Å². The lowest BCUT2D eigenvalue weighted by atomic mass is 10.0. The van der Waals surface area contributed by atoms with Gasteiger partial charge in [-0.25, -0.2) is 0 Å². The summed E-state index contributed by atoms with van der Waals surface area (Å²) in [7, 11) is 0. The van der Waals surface area contributed by atoms with Gasteiger partial charge in [0, 0.05) is 28.2 Å². The molecular formula is C15H19ClO2S. The number of benzene rings is 1. The van der Waals surface area contributed by atoms with Crippen LogP contribution in [0.15, 0.2) is 12.1 Å². The van der Waals surface area contributed by atoms with Gasteiger partial charge in [-0.3, -0.25) is 4.79 Å². The number of carbonyl (C=O) groups excluding carboxylic acids is 1. The second kappa shape index (κ2) is 5.76. The predicted molar refractivity (Wildman–Crippen MR) is 81.6 cm³/mol. The lowest BCUT2D eigenvalue weighted by Crippen LogP contribution is -2.14. The van der Waals surface area contributed by atoms with E-state index in [4.69, 9.17) is 16.3 Å². The van der Waals surface area contributed by atoms with Crippen LogP contribution in [0.25, 0.3) is 0 Å². The Bertz CT molecular complexity index is 492. The van der Waals surface area contributed by atoms with Crippen LogP contribution in [0.2, 0.25) is 5.02 Å². The fourth-order valence-corrected chi connectivity index (χ4v) is 3.00. The highest BCUT2D eigenvalue weighted by Crippen LogP contribution is 2.33. The van der Waals surface area contributed by atoms with E-state index >= 15 is 0 Å². The zero-order valence-corrected chi connectivity index (χ0v) is 13.2. The molecule has 1 heterocycles. The second-order valence-electron chi connectivity index (χ2n) is 5.77. The van der Waals surface area contributed by atoms with E-state index in [1.807, 2.05) is 12.1 Å². The van der Waals surface area contributed by atoms with Gasteiger partial charge < -0.3 is 4.74 Å². The quantitative estimate of drug-likeness (QED) is 0.843. The maximum Gasteiger partial charge on any atom is 0.147 e. The summed E-state index contributed by atoms with van der Waals surface area (Å²) in [6.45, 7) is 7.04. The number of ether oxygens (including phenoxy) is 1. The van der Waals surface area contributed by atoms with Crippen LogP contribution in [0.5, 0.6) is 5.75 Å². The molecule has 0 aromatic heterocycles. The van der Waals surface area contributed by atoms with Crippen molar-refractivity contribution >= 4 is 29.1 Å². The monoisotopic (exact) mass is 298 g/mol. The molecule has 1 aromatic rings. The molecule has 2 rings (SSSR count). The van der Waals surface area contributed by atoms with Crippen molar-refractivity contribution in [2.45, 2.75) is 38.4 Å². The van der Waals surface area contributed by atoms with E-state index in [0.717, 1.165) is 23.3 Å². The van der Waals surface area contributed by atoms with Gasteiger partial charge in [-0.15, -0.1) is 11.8 Å². The molecule has 0 saturated heterocycles. The van der Waals surface area contributed by atoms with Crippen LogP contribution in [0, 0.1) is 0 Å². The maximum absolute atomic E-state index is 12.1. The molecule has 0 fully saturated rings. The number of hydrogen-bond donors (Lipinski definition) is 0. The van der Waals surface area contributed by atoms with Gasteiger partial charge in [0.1, 0.15) is 11.5 Å². The van der Waals surface area contributed by atoms with E-state index in [0.29, 0.717) is 23.8 Å². The van der Waals surface area contributed by atoms with Crippen LogP contribution in [0.3, 0.4) is 0 Å². The van der Waals surface area contributed by atoms with E-state index < -0.39 is 0 Å². The molecule has 1 aliphatic rings. The van der Waals surface area contributed by atoms with Gasteiger partial charge in [-0.2, -0.15) is 0 Å². The van der Waals surface area contributed by atoms with Gasteiger partial charge in [0.2, 0.25) is 0 Å². The first-order valence-electron chi connectivity index (χ1n) is 6.45. The summed E-state index contributed by atoms with van der Waals surface area (Å²) < 4.78 is 5.73. The van der Waals surface area contributed by atoms with Crippen LogP contribution in [0.1, 0.15) is 31.9 Å². The van der Waals surface area contributed by atoms with Crippen LogP contribution in [-0.2, 0) is 17.6 Å². The van der Waals surface area contributed by atoms with Crippen LogP contribution >= 0.6 is 23.4 Å². The van der Waals surface area contributed by atoms with Crippen molar-refractivity contribution in [3.8, 4) is 5.75 Å². The fraction of sp³-hybridized carbons (Fsp3) is 0.533. The van der Waals surface area contributed by atoms with Gasteiger partial charge >= 0.3 is 0 Å². The minimum absolute atomic E-state index is 0.114. The summed E-state index contributed by atoms with van der Waals surface area (Å²) in [4.78, 5) is 12.1. The highest BCUT2D eigenvalue weighted by atomic mass is 35.5. The van der Waals surface area contributed by atoms with E-state index in [1.165, 1.54) is 0 Å². The third-order valence-corrected chi connectivity index (χ3v) is 4.43. The van der Waals surface area contributed by atoms with Gasteiger partial charge in [0.25, 0.3) is 0 Å². The molecule has 0 saturated carbocycles. The molecule has 2 nitrogen and oxygen atoms in total. The van der Waals surface area contributed by atoms with Gasteiger partial charge in [-0.1, -0.05) is 32.4 Å². The summed E-state index contributed by atoms with van der Waals surface area (Å²) in [5.41, 5.74) is 2.05. The molecule has 0 spiro atoms. The van der Waals surface area contributed by atoms with Gasteiger partial charge in [0.05, 0.1) is 12.4 Å². The lowest BCUT2D eigenvalue weighted by molar-refractivity contribution is -0.116. The number of halogens is 1. The van der Waals surface area contributed by atoms with Crippen molar-refractivity contribution in [2.24, 2.45) is 0 Å². The van der Waals surface area contributed by atoms with E-state index in [1.54, 1.807) is 11.8 Å². The molecule has 0 radical (unpaired) electrons. The average molecular weight is 299 g/mol.